The topological polar surface area (TPSA) is 81.2 Å². The van der Waals surface area contributed by atoms with Gasteiger partial charge in [-0.15, -0.1) is 0 Å². The van der Waals surface area contributed by atoms with Gasteiger partial charge in [-0.2, -0.15) is 0 Å². The first-order chi connectivity index (χ1) is 9.76. The first kappa shape index (κ1) is 15.9. The third-order valence-electron chi connectivity index (χ3n) is 3.20. The standard InChI is InChI=1S/2C6H10N2O2/c2*9-5-7-3-1-2-4-8(7)6-10/h2*5-6H,1-4H2. The fourth-order valence-electron chi connectivity index (χ4n) is 2.06. The van der Waals surface area contributed by atoms with Gasteiger partial charge in [-0.05, 0) is 25.7 Å². The third-order valence-corrected chi connectivity index (χ3v) is 3.20. The van der Waals surface area contributed by atoms with Gasteiger partial charge in [-0.25, -0.2) is 0 Å². The molecule has 0 saturated carbocycles. The lowest BCUT2D eigenvalue weighted by Crippen LogP contribution is -2.45. The Morgan fingerprint density at radius 2 is 0.650 bits per heavy atom. The van der Waals surface area contributed by atoms with Crippen LogP contribution in [0.1, 0.15) is 25.7 Å². The molecule has 8 nitrogen and oxygen atoms in total. The molecule has 0 bridgehead atoms. The van der Waals surface area contributed by atoms with Gasteiger partial charge in [0.25, 0.3) is 0 Å². The fourth-order valence-corrected chi connectivity index (χ4v) is 2.06. The summed E-state index contributed by atoms with van der Waals surface area (Å²) in [6.07, 6.45) is 6.71. The van der Waals surface area contributed by atoms with Gasteiger partial charge in [0.2, 0.25) is 25.6 Å². The Morgan fingerprint density at radius 3 is 0.800 bits per heavy atom. The molecule has 2 aliphatic heterocycles. The maximum atomic E-state index is 10.3. The van der Waals surface area contributed by atoms with Crippen LogP contribution in [-0.2, 0) is 19.2 Å². The van der Waals surface area contributed by atoms with Crippen molar-refractivity contribution in [1.82, 2.24) is 20.0 Å². The quantitative estimate of drug-likeness (QED) is 0.634. The Kier molecular flexibility index (Phi) is 7.08. The number of hydrogen-bond acceptors (Lipinski definition) is 4. The van der Waals surface area contributed by atoms with Crippen LogP contribution in [0.25, 0.3) is 0 Å². The summed E-state index contributed by atoms with van der Waals surface area (Å²) in [4.78, 5) is 41.0. The Morgan fingerprint density at radius 1 is 0.450 bits per heavy atom. The van der Waals surface area contributed by atoms with Crippen LogP contribution in [0.2, 0.25) is 0 Å². The molecule has 112 valence electrons. The smallest absolute Gasteiger partial charge is 0.228 e. The highest BCUT2D eigenvalue weighted by Gasteiger charge is 2.15. The van der Waals surface area contributed by atoms with Gasteiger partial charge in [0.1, 0.15) is 0 Å². The molecule has 0 unspecified atom stereocenters. The average Bonchev–Trinajstić information content (AvgIpc) is 2.55. The number of hydrazine groups is 2. The highest BCUT2D eigenvalue weighted by atomic mass is 16.2. The fraction of sp³-hybridized carbons (Fsp3) is 0.667. The zero-order chi connectivity index (χ0) is 14.8. The summed E-state index contributed by atoms with van der Waals surface area (Å²) in [5.41, 5.74) is 0. The summed E-state index contributed by atoms with van der Waals surface area (Å²) in [5, 5.41) is 5.60. The Bertz CT molecular complexity index is 275. The van der Waals surface area contributed by atoms with Crippen LogP contribution >= 0.6 is 0 Å². The summed E-state index contributed by atoms with van der Waals surface area (Å²) in [6.45, 7) is 2.68. The second-order valence-electron chi connectivity index (χ2n) is 4.49. The summed E-state index contributed by atoms with van der Waals surface area (Å²) >= 11 is 0. The van der Waals surface area contributed by atoms with Crippen molar-refractivity contribution in [2.75, 3.05) is 26.2 Å². The predicted octanol–water partition coefficient (Wildman–Crippen LogP) is -0.776. The molecule has 2 saturated heterocycles. The molecule has 0 radical (unpaired) electrons. The van der Waals surface area contributed by atoms with Crippen LogP contribution < -0.4 is 0 Å². The van der Waals surface area contributed by atoms with Gasteiger partial charge in [-0.3, -0.25) is 39.2 Å². The molecule has 20 heavy (non-hydrogen) atoms. The van der Waals surface area contributed by atoms with Crippen molar-refractivity contribution in [3.8, 4) is 0 Å². The van der Waals surface area contributed by atoms with Gasteiger partial charge in [-0.1, -0.05) is 0 Å². The number of nitrogens with zero attached hydrogens (tertiary/aromatic N) is 4. The first-order valence-corrected chi connectivity index (χ1v) is 6.64. The minimum atomic E-state index is 0.669. The van der Waals surface area contributed by atoms with Crippen LogP contribution in [0.5, 0.6) is 0 Å². The molecule has 0 N–H and O–H groups in total. The SMILES string of the molecule is O=CN1CCCCN1C=O.O=CN1CCCCN1C=O. The Balaban J connectivity index is 0.000000200. The van der Waals surface area contributed by atoms with Gasteiger partial charge in [0, 0.05) is 26.2 Å². The molecule has 8 heteroatoms. The highest BCUT2D eigenvalue weighted by molar-refractivity contribution is 5.55. The lowest BCUT2D eigenvalue weighted by Gasteiger charge is -2.32. The Labute approximate surface area is 117 Å². The minimum Gasteiger partial charge on any atom is -0.277 e. The number of rotatable bonds is 4. The van der Waals surface area contributed by atoms with Crippen molar-refractivity contribution in [2.45, 2.75) is 25.7 Å². The number of carbonyl (C=O) groups is 4. The second kappa shape index (κ2) is 8.89. The van der Waals surface area contributed by atoms with Gasteiger partial charge >= 0.3 is 0 Å². The maximum Gasteiger partial charge on any atom is 0.228 e. The van der Waals surface area contributed by atoms with Crippen molar-refractivity contribution < 1.29 is 19.2 Å². The van der Waals surface area contributed by atoms with Crippen LogP contribution in [0, 0.1) is 0 Å². The lowest BCUT2D eigenvalue weighted by molar-refractivity contribution is -0.150. The van der Waals surface area contributed by atoms with Crippen molar-refractivity contribution in [3.05, 3.63) is 0 Å². The molecule has 2 fully saturated rings. The van der Waals surface area contributed by atoms with Crippen molar-refractivity contribution in [1.29, 1.82) is 0 Å². The summed E-state index contributed by atoms with van der Waals surface area (Å²) in [7, 11) is 0. The van der Waals surface area contributed by atoms with E-state index in [1.54, 1.807) is 0 Å². The Hall–Kier alpha value is -2.12. The molecule has 0 aromatic carbocycles. The van der Waals surface area contributed by atoms with Gasteiger partial charge in [0.05, 0.1) is 0 Å². The molecule has 2 aliphatic rings. The molecule has 0 aliphatic carbocycles. The third kappa shape index (κ3) is 4.52. The number of amides is 4. The number of hydrogen-bond donors (Lipinski definition) is 0. The van der Waals surface area contributed by atoms with Crippen molar-refractivity contribution in [2.24, 2.45) is 0 Å². The minimum absolute atomic E-state index is 0.669. The molecule has 2 rings (SSSR count). The molecule has 2 heterocycles. The molecule has 4 amide bonds. The molecule has 0 aromatic heterocycles. The summed E-state index contributed by atoms with van der Waals surface area (Å²) in [6, 6.07) is 0. The molecular formula is C12H20N4O4. The average molecular weight is 284 g/mol. The van der Waals surface area contributed by atoms with E-state index in [0.717, 1.165) is 25.7 Å². The van der Waals surface area contributed by atoms with E-state index in [4.69, 9.17) is 0 Å². The predicted molar refractivity (Wildman–Crippen MR) is 69.5 cm³/mol. The van der Waals surface area contributed by atoms with E-state index in [-0.39, 0.29) is 0 Å². The van der Waals surface area contributed by atoms with Crippen LogP contribution in [0.15, 0.2) is 0 Å². The molecule has 0 atom stereocenters. The second-order valence-corrected chi connectivity index (χ2v) is 4.49. The van der Waals surface area contributed by atoms with E-state index >= 15 is 0 Å². The van der Waals surface area contributed by atoms with Gasteiger partial charge < -0.3 is 0 Å². The van der Waals surface area contributed by atoms with Crippen LogP contribution in [-0.4, -0.2) is 71.9 Å². The van der Waals surface area contributed by atoms with Crippen molar-refractivity contribution >= 4 is 25.6 Å². The molecular weight excluding hydrogens is 264 g/mol. The molecule has 0 aromatic rings. The zero-order valence-electron chi connectivity index (χ0n) is 11.4. The summed E-state index contributed by atoms with van der Waals surface area (Å²) < 4.78 is 0. The normalized spacial score (nSPS) is 18.8. The zero-order valence-corrected chi connectivity index (χ0v) is 11.4. The van der Waals surface area contributed by atoms with Crippen LogP contribution in [0.3, 0.4) is 0 Å². The monoisotopic (exact) mass is 284 g/mol. The molecule has 0 spiro atoms. The van der Waals surface area contributed by atoms with E-state index < -0.39 is 0 Å². The van der Waals surface area contributed by atoms with Crippen LogP contribution in [0.4, 0.5) is 0 Å². The summed E-state index contributed by atoms with van der Waals surface area (Å²) in [5.74, 6) is 0. The van der Waals surface area contributed by atoms with Crippen molar-refractivity contribution in [3.63, 3.8) is 0 Å². The first-order valence-electron chi connectivity index (χ1n) is 6.64. The maximum absolute atomic E-state index is 10.3. The van der Waals surface area contributed by atoms with E-state index in [0.29, 0.717) is 51.8 Å². The van der Waals surface area contributed by atoms with E-state index in [9.17, 15) is 19.2 Å². The van der Waals surface area contributed by atoms with E-state index in [2.05, 4.69) is 0 Å². The van der Waals surface area contributed by atoms with E-state index in [1.807, 2.05) is 0 Å². The lowest BCUT2D eigenvalue weighted by atomic mass is 10.2. The van der Waals surface area contributed by atoms with E-state index in [1.165, 1.54) is 20.0 Å². The number of carbonyl (C=O) groups excluding carboxylic acids is 4. The largest absolute Gasteiger partial charge is 0.277 e. The highest BCUT2D eigenvalue weighted by Crippen LogP contribution is 2.06. The van der Waals surface area contributed by atoms with Gasteiger partial charge in [0.15, 0.2) is 0 Å².